The van der Waals surface area contributed by atoms with Gasteiger partial charge in [0.15, 0.2) is 0 Å². The lowest BCUT2D eigenvalue weighted by Crippen LogP contribution is -2.25. The fraction of sp³-hybridized carbons (Fsp3) is 0.263. The molecule has 0 saturated heterocycles. The molecule has 3 aromatic rings. The fourth-order valence-corrected chi connectivity index (χ4v) is 2.51. The molecular weight excluding hydrogens is 302 g/mol. The molecule has 0 saturated carbocycles. The summed E-state index contributed by atoms with van der Waals surface area (Å²) < 4.78 is 5.62. The summed E-state index contributed by atoms with van der Waals surface area (Å²) in [6.07, 6.45) is 2.57. The van der Waals surface area contributed by atoms with Gasteiger partial charge in [0.25, 0.3) is 5.91 Å². The number of nitrogens with one attached hydrogen (secondary N) is 2. The fourth-order valence-electron chi connectivity index (χ4n) is 2.51. The predicted molar refractivity (Wildman–Crippen MR) is 94.3 cm³/mol. The van der Waals surface area contributed by atoms with Crippen LogP contribution in [0, 0.1) is 0 Å². The minimum absolute atomic E-state index is 0.0775. The van der Waals surface area contributed by atoms with Gasteiger partial charge in [0.2, 0.25) is 0 Å². The van der Waals surface area contributed by atoms with Crippen molar-refractivity contribution >= 4 is 16.9 Å². The quantitative estimate of drug-likeness (QED) is 0.731. The van der Waals surface area contributed by atoms with Gasteiger partial charge in [-0.3, -0.25) is 4.79 Å². The van der Waals surface area contributed by atoms with Crippen molar-refractivity contribution in [1.29, 1.82) is 0 Å². The van der Waals surface area contributed by atoms with Crippen molar-refractivity contribution in [2.24, 2.45) is 0 Å². The van der Waals surface area contributed by atoms with Gasteiger partial charge < -0.3 is 15.0 Å². The number of amides is 1. The molecule has 0 atom stereocenters. The normalized spacial score (nSPS) is 11.0. The minimum atomic E-state index is -0.0775. The van der Waals surface area contributed by atoms with Gasteiger partial charge in [0.1, 0.15) is 5.75 Å². The summed E-state index contributed by atoms with van der Waals surface area (Å²) in [4.78, 5) is 19.4. The molecule has 1 heterocycles. The zero-order chi connectivity index (χ0) is 16.9. The van der Waals surface area contributed by atoms with Crippen molar-refractivity contribution in [3.63, 3.8) is 0 Å². The molecule has 124 valence electrons. The topological polar surface area (TPSA) is 67.0 Å². The highest BCUT2D eigenvalue weighted by molar-refractivity contribution is 5.97. The summed E-state index contributed by atoms with van der Waals surface area (Å²) in [6, 6.07) is 13.4. The standard InChI is InChI=1S/C19H21N3O2/c1-13(2)24-16-6-3-14(4-7-16)9-10-20-19(23)15-5-8-17-18(11-15)22-12-21-17/h3-8,11-13H,9-10H2,1-2H3,(H,20,23)(H,21,22). The van der Waals surface area contributed by atoms with Crippen LogP contribution in [0.3, 0.4) is 0 Å². The van der Waals surface area contributed by atoms with Crippen LogP contribution >= 0.6 is 0 Å². The highest BCUT2D eigenvalue weighted by Gasteiger charge is 2.07. The number of ether oxygens (including phenoxy) is 1. The summed E-state index contributed by atoms with van der Waals surface area (Å²) in [5, 5.41) is 2.95. The molecule has 1 aromatic heterocycles. The second-order valence-corrected chi connectivity index (χ2v) is 5.95. The average Bonchev–Trinajstić information content (AvgIpc) is 3.03. The first-order chi connectivity index (χ1) is 11.6. The van der Waals surface area contributed by atoms with Gasteiger partial charge in [-0.05, 0) is 56.2 Å². The Morgan fingerprint density at radius 3 is 2.75 bits per heavy atom. The van der Waals surface area contributed by atoms with Gasteiger partial charge >= 0.3 is 0 Å². The van der Waals surface area contributed by atoms with E-state index in [4.69, 9.17) is 4.74 Å². The first kappa shape index (κ1) is 16.1. The summed E-state index contributed by atoms with van der Waals surface area (Å²) in [5.74, 6) is 0.789. The number of benzene rings is 2. The molecule has 5 nitrogen and oxygen atoms in total. The number of hydrogen-bond donors (Lipinski definition) is 2. The molecular formula is C19H21N3O2. The minimum Gasteiger partial charge on any atom is -0.491 e. The molecule has 5 heteroatoms. The number of aromatic nitrogens is 2. The molecule has 0 aliphatic heterocycles. The molecule has 0 unspecified atom stereocenters. The van der Waals surface area contributed by atoms with Crippen LogP contribution in [0.1, 0.15) is 29.8 Å². The Labute approximate surface area is 141 Å². The van der Waals surface area contributed by atoms with Gasteiger partial charge in [-0.15, -0.1) is 0 Å². The van der Waals surface area contributed by atoms with Crippen LogP contribution in [-0.2, 0) is 6.42 Å². The molecule has 0 spiro atoms. The van der Waals surface area contributed by atoms with E-state index in [1.54, 1.807) is 12.4 Å². The Hall–Kier alpha value is -2.82. The van der Waals surface area contributed by atoms with Crippen molar-refractivity contribution in [1.82, 2.24) is 15.3 Å². The third-order valence-electron chi connectivity index (χ3n) is 3.68. The number of hydrogen-bond acceptors (Lipinski definition) is 3. The number of rotatable bonds is 6. The van der Waals surface area contributed by atoms with Crippen molar-refractivity contribution in [2.75, 3.05) is 6.54 Å². The predicted octanol–water partition coefficient (Wildman–Crippen LogP) is 3.32. The van der Waals surface area contributed by atoms with Crippen LogP contribution in [0.5, 0.6) is 5.75 Å². The molecule has 3 rings (SSSR count). The van der Waals surface area contributed by atoms with Crippen molar-refractivity contribution < 1.29 is 9.53 Å². The number of H-pyrrole nitrogens is 1. The monoisotopic (exact) mass is 323 g/mol. The van der Waals surface area contributed by atoms with Crippen LogP contribution in [0.4, 0.5) is 0 Å². The molecule has 0 aliphatic rings. The molecule has 0 bridgehead atoms. The molecule has 2 aromatic carbocycles. The Morgan fingerprint density at radius 2 is 2.00 bits per heavy atom. The second kappa shape index (κ2) is 7.17. The summed E-state index contributed by atoms with van der Waals surface area (Å²) in [5.41, 5.74) is 3.52. The van der Waals surface area contributed by atoms with Crippen LogP contribution in [-0.4, -0.2) is 28.5 Å². The highest BCUT2D eigenvalue weighted by atomic mass is 16.5. The summed E-state index contributed by atoms with van der Waals surface area (Å²) >= 11 is 0. The Kier molecular flexibility index (Phi) is 4.79. The Morgan fingerprint density at radius 1 is 1.21 bits per heavy atom. The van der Waals surface area contributed by atoms with Crippen LogP contribution in [0.2, 0.25) is 0 Å². The van der Waals surface area contributed by atoms with E-state index in [1.165, 1.54) is 0 Å². The molecule has 0 fully saturated rings. The number of carbonyl (C=O) groups excluding carboxylic acids is 1. The van der Waals surface area contributed by atoms with E-state index in [0.29, 0.717) is 12.1 Å². The van der Waals surface area contributed by atoms with Crippen molar-refractivity contribution in [3.8, 4) is 5.75 Å². The smallest absolute Gasteiger partial charge is 0.251 e. The maximum absolute atomic E-state index is 12.2. The van der Waals surface area contributed by atoms with E-state index in [1.807, 2.05) is 50.2 Å². The van der Waals surface area contributed by atoms with Crippen molar-refractivity contribution in [2.45, 2.75) is 26.4 Å². The Bertz CT molecular complexity index is 822. The average molecular weight is 323 g/mol. The van der Waals surface area contributed by atoms with Crippen molar-refractivity contribution in [3.05, 3.63) is 59.9 Å². The second-order valence-electron chi connectivity index (χ2n) is 5.95. The van der Waals surface area contributed by atoms with E-state index in [2.05, 4.69) is 15.3 Å². The molecule has 1 amide bonds. The Balaban J connectivity index is 1.52. The molecule has 0 radical (unpaired) electrons. The summed E-state index contributed by atoms with van der Waals surface area (Å²) in [6.45, 7) is 4.60. The zero-order valence-electron chi connectivity index (χ0n) is 13.9. The maximum Gasteiger partial charge on any atom is 0.251 e. The largest absolute Gasteiger partial charge is 0.491 e. The SMILES string of the molecule is CC(C)Oc1ccc(CCNC(=O)c2ccc3nc[nH]c3c2)cc1. The molecule has 24 heavy (non-hydrogen) atoms. The van der Waals surface area contributed by atoms with Gasteiger partial charge in [-0.25, -0.2) is 4.98 Å². The van der Waals surface area contributed by atoms with E-state index in [9.17, 15) is 4.79 Å². The number of carbonyl (C=O) groups is 1. The zero-order valence-corrected chi connectivity index (χ0v) is 13.9. The highest BCUT2D eigenvalue weighted by Crippen LogP contribution is 2.14. The van der Waals surface area contributed by atoms with Gasteiger partial charge in [0.05, 0.1) is 23.5 Å². The third-order valence-corrected chi connectivity index (χ3v) is 3.68. The van der Waals surface area contributed by atoms with E-state index < -0.39 is 0 Å². The summed E-state index contributed by atoms with van der Waals surface area (Å²) in [7, 11) is 0. The van der Waals surface area contributed by atoms with Crippen LogP contribution in [0.15, 0.2) is 48.8 Å². The first-order valence-electron chi connectivity index (χ1n) is 8.09. The number of aromatic amines is 1. The van der Waals surface area contributed by atoms with Gasteiger partial charge in [-0.1, -0.05) is 12.1 Å². The van der Waals surface area contributed by atoms with Gasteiger partial charge in [0, 0.05) is 12.1 Å². The van der Waals surface area contributed by atoms with Crippen LogP contribution in [0.25, 0.3) is 11.0 Å². The number of nitrogens with zero attached hydrogens (tertiary/aromatic N) is 1. The molecule has 0 aliphatic carbocycles. The van der Waals surface area contributed by atoms with E-state index in [0.717, 1.165) is 28.8 Å². The van der Waals surface area contributed by atoms with Crippen LogP contribution < -0.4 is 10.1 Å². The maximum atomic E-state index is 12.2. The number of imidazole rings is 1. The van der Waals surface area contributed by atoms with Gasteiger partial charge in [-0.2, -0.15) is 0 Å². The van der Waals surface area contributed by atoms with E-state index >= 15 is 0 Å². The lowest BCUT2D eigenvalue weighted by Gasteiger charge is -2.10. The first-order valence-corrected chi connectivity index (χ1v) is 8.09. The lowest BCUT2D eigenvalue weighted by atomic mass is 10.1. The molecule has 2 N–H and O–H groups in total. The number of fused-ring (bicyclic) bond motifs is 1. The lowest BCUT2D eigenvalue weighted by molar-refractivity contribution is 0.0954. The third kappa shape index (κ3) is 3.93. The van der Waals surface area contributed by atoms with E-state index in [-0.39, 0.29) is 12.0 Å².